The fraction of sp³-hybridized carbons (Fsp3) is 0.688. The second-order valence-electron chi connectivity index (χ2n) is 6.05. The van der Waals surface area contributed by atoms with Crippen molar-refractivity contribution in [3.05, 3.63) is 30.1 Å². The van der Waals surface area contributed by atoms with Crippen LogP contribution in [-0.2, 0) is 6.54 Å². The quantitative estimate of drug-likeness (QED) is 0.167. The first-order valence-corrected chi connectivity index (χ1v) is 14.1. The van der Waals surface area contributed by atoms with Crippen molar-refractivity contribution in [3.63, 3.8) is 0 Å². The molecule has 8 heteroatoms. The fourth-order valence-electron chi connectivity index (χ4n) is 2.22. The van der Waals surface area contributed by atoms with Gasteiger partial charge in [0.15, 0.2) is 12.4 Å². The SMILES string of the molecule is CCCCCCCCCC[n+]1cccc(C)c1.[F][Sb-]([F])([F])([F])([F])[F]. The number of rotatable bonds is 9. The van der Waals surface area contributed by atoms with Crippen molar-refractivity contribution in [3.8, 4) is 0 Å². The zero-order valence-corrected chi connectivity index (χ0v) is 16.9. The molecule has 0 amide bonds. The van der Waals surface area contributed by atoms with E-state index in [1.54, 1.807) is 0 Å². The molecule has 1 nitrogen and oxygen atoms in total. The van der Waals surface area contributed by atoms with E-state index in [-0.39, 0.29) is 0 Å². The average Bonchev–Trinajstić information content (AvgIpc) is 2.38. The second kappa shape index (κ2) is 9.30. The van der Waals surface area contributed by atoms with Crippen molar-refractivity contribution >= 4 is 19.5 Å². The van der Waals surface area contributed by atoms with E-state index in [4.69, 9.17) is 0 Å². The Balaban J connectivity index is 0.000000640. The van der Waals surface area contributed by atoms with Crippen LogP contribution >= 0.6 is 0 Å². The van der Waals surface area contributed by atoms with Gasteiger partial charge in [-0.3, -0.25) is 0 Å². The van der Waals surface area contributed by atoms with E-state index in [0.717, 1.165) is 0 Å². The Labute approximate surface area is 143 Å². The zero-order valence-electron chi connectivity index (χ0n) is 14.3. The molecule has 0 aromatic carbocycles. The van der Waals surface area contributed by atoms with Crippen LogP contribution in [0, 0.1) is 6.92 Å². The third-order valence-electron chi connectivity index (χ3n) is 3.28. The molecule has 144 valence electrons. The van der Waals surface area contributed by atoms with E-state index < -0.39 is 19.5 Å². The van der Waals surface area contributed by atoms with E-state index in [0.29, 0.717) is 0 Å². The molecule has 0 saturated heterocycles. The first kappa shape index (κ1) is 23.5. The molecule has 0 radical (unpaired) electrons. The molecule has 1 aromatic heterocycles. The van der Waals surface area contributed by atoms with Crippen molar-refractivity contribution in [2.24, 2.45) is 0 Å². The van der Waals surface area contributed by atoms with Crippen LogP contribution in [0.3, 0.4) is 0 Å². The van der Waals surface area contributed by atoms with Gasteiger partial charge >= 0.3 is 36.4 Å². The van der Waals surface area contributed by atoms with Crippen molar-refractivity contribution in [1.29, 1.82) is 0 Å². The Kier molecular flexibility index (Phi) is 9.13. The molecule has 0 spiro atoms. The summed E-state index contributed by atoms with van der Waals surface area (Å²) in [7, 11) is 0. The molecule has 0 unspecified atom stereocenters. The molecule has 1 heterocycles. The number of pyridine rings is 1. The summed E-state index contributed by atoms with van der Waals surface area (Å²) in [4.78, 5) is 0. The molecule has 1 aromatic rings. The third kappa shape index (κ3) is 23.8. The number of nitrogens with zero attached hydrogens (tertiary/aromatic N) is 1. The standard InChI is InChI=1S/C16H28N.6FH.Sb/c1-3-4-5-6-7-8-9-10-13-17-14-11-12-16(2)15-17;;;;;;;/h11-12,14-15H,3-10,13H2,1-2H3;6*1H;/q+1;;;;;;;+5/p-6. The average molecular weight is 470 g/mol. The molecule has 0 aliphatic heterocycles. The van der Waals surface area contributed by atoms with Gasteiger partial charge in [0, 0.05) is 18.1 Å². The van der Waals surface area contributed by atoms with Gasteiger partial charge in [-0.05, 0) is 19.4 Å². The zero-order chi connectivity index (χ0) is 18.8. The topological polar surface area (TPSA) is 3.88 Å². The third-order valence-corrected chi connectivity index (χ3v) is 3.28. The summed E-state index contributed by atoms with van der Waals surface area (Å²) in [6, 6.07) is 4.30. The second-order valence-corrected chi connectivity index (χ2v) is 11.5. The van der Waals surface area contributed by atoms with Crippen LogP contribution in [0.2, 0.25) is 0 Å². The number of hydrogen-bond acceptors (Lipinski definition) is 0. The predicted octanol–water partition coefficient (Wildman–Crippen LogP) is 6.56. The van der Waals surface area contributed by atoms with E-state index in [1.807, 2.05) is 0 Å². The van der Waals surface area contributed by atoms with Gasteiger partial charge in [-0.15, -0.1) is 0 Å². The van der Waals surface area contributed by atoms with Gasteiger partial charge in [0.25, 0.3) is 0 Å². The van der Waals surface area contributed by atoms with Crippen LogP contribution in [0.1, 0.15) is 63.9 Å². The first-order valence-electron chi connectivity index (χ1n) is 8.30. The Morgan fingerprint density at radius 1 is 0.833 bits per heavy atom. The molecular weight excluding hydrogens is 442 g/mol. The number of halogens is 6. The molecule has 0 aliphatic carbocycles. The van der Waals surface area contributed by atoms with Crippen LogP contribution in [0.5, 0.6) is 0 Å². The minimum absolute atomic E-state index is 1.18. The van der Waals surface area contributed by atoms with Gasteiger partial charge in [-0.25, -0.2) is 4.57 Å². The summed E-state index contributed by atoms with van der Waals surface area (Å²) in [5.41, 5.74) is 1.35. The number of unbranched alkanes of at least 4 members (excludes halogenated alkanes) is 7. The summed E-state index contributed by atoms with van der Waals surface area (Å²) in [6.07, 6.45) is 15.6. The molecule has 0 atom stereocenters. The van der Waals surface area contributed by atoms with Crippen molar-refractivity contribution < 1.29 is 21.4 Å². The summed E-state index contributed by atoms with van der Waals surface area (Å²) in [5.74, 6) is 0. The predicted molar refractivity (Wildman–Crippen MR) is 86.4 cm³/mol. The molecule has 0 bridgehead atoms. The van der Waals surface area contributed by atoms with Gasteiger partial charge in [-0.2, -0.15) is 0 Å². The van der Waals surface area contributed by atoms with Crippen LogP contribution in [0.4, 0.5) is 16.9 Å². The normalized spacial score (nSPS) is 14.3. The van der Waals surface area contributed by atoms with Gasteiger partial charge in [0.05, 0.1) is 0 Å². The van der Waals surface area contributed by atoms with Gasteiger partial charge in [-0.1, -0.05) is 45.4 Å². The van der Waals surface area contributed by atoms with E-state index in [2.05, 4.69) is 42.9 Å². The van der Waals surface area contributed by atoms with E-state index >= 15 is 0 Å². The van der Waals surface area contributed by atoms with Gasteiger partial charge in [0.1, 0.15) is 6.54 Å². The van der Waals surface area contributed by atoms with Crippen molar-refractivity contribution in [2.45, 2.75) is 71.8 Å². The Morgan fingerprint density at radius 2 is 1.29 bits per heavy atom. The first-order chi connectivity index (χ1) is 10.8. The van der Waals surface area contributed by atoms with Gasteiger partial charge < -0.3 is 0 Å². The Hall–Kier alpha value is -0.452. The van der Waals surface area contributed by atoms with E-state index in [1.165, 1.54) is 63.5 Å². The minimum atomic E-state index is -11.2. The summed E-state index contributed by atoms with van der Waals surface area (Å²) >= 11 is -11.2. The number of aryl methyl sites for hydroxylation is 2. The Morgan fingerprint density at radius 3 is 1.75 bits per heavy atom. The molecule has 0 N–H and O–H groups in total. The monoisotopic (exact) mass is 469 g/mol. The van der Waals surface area contributed by atoms with Crippen LogP contribution in [-0.4, -0.2) is 19.5 Å². The number of aromatic nitrogens is 1. The van der Waals surface area contributed by atoms with Gasteiger partial charge in [0.2, 0.25) is 0 Å². The molecule has 0 saturated carbocycles. The molecular formula is C16H28F6NSb. The van der Waals surface area contributed by atoms with Crippen LogP contribution in [0.25, 0.3) is 0 Å². The summed E-state index contributed by atoms with van der Waals surface area (Å²) in [5, 5.41) is 0. The molecule has 1 rings (SSSR count). The van der Waals surface area contributed by atoms with Crippen molar-refractivity contribution in [1.82, 2.24) is 0 Å². The van der Waals surface area contributed by atoms with Crippen LogP contribution < -0.4 is 4.57 Å². The fourth-order valence-corrected chi connectivity index (χ4v) is 2.22. The maximum absolute atomic E-state index is 11.2. The Bertz CT molecular complexity index is 460. The maximum atomic E-state index is 9.93. The number of hydrogen-bond donors (Lipinski definition) is 0. The molecule has 24 heavy (non-hydrogen) atoms. The van der Waals surface area contributed by atoms with Crippen LogP contribution in [0.15, 0.2) is 24.5 Å². The van der Waals surface area contributed by atoms with E-state index in [9.17, 15) is 16.9 Å². The summed E-state index contributed by atoms with van der Waals surface area (Å²) < 4.78 is 61.9. The van der Waals surface area contributed by atoms with Crippen molar-refractivity contribution in [2.75, 3.05) is 0 Å². The summed E-state index contributed by atoms with van der Waals surface area (Å²) in [6.45, 7) is 5.61. The molecule has 0 fully saturated rings. The molecule has 0 aliphatic rings.